The van der Waals surface area contributed by atoms with Crippen molar-refractivity contribution in [2.45, 2.75) is 52.0 Å². The number of nitrogens with zero attached hydrogens (tertiary/aromatic N) is 4. The summed E-state index contributed by atoms with van der Waals surface area (Å²) in [6.07, 6.45) is -0.465. The monoisotopic (exact) mass is 336 g/mol. The third-order valence-corrected chi connectivity index (χ3v) is 4.17. The molecular weight excluding hydrogens is 312 g/mol. The average molecular weight is 336 g/mol. The quantitative estimate of drug-likeness (QED) is 0.750. The van der Waals surface area contributed by atoms with Crippen molar-refractivity contribution in [2.24, 2.45) is 0 Å². The molecule has 0 aliphatic carbocycles. The van der Waals surface area contributed by atoms with Gasteiger partial charge in [-0.1, -0.05) is 0 Å². The lowest BCUT2D eigenvalue weighted by Gasteiger charge is -2.30. The van der Waals surface area contributed by atoms with Crippen LogP contribution in [0, 0.1) is 0 Å². The zero-order valence-corrected chi connectivity index (χ0v) is 14.6. The molecule has 8 nitrogen and oxygen atoms in total. The molecule has 132 valence electrons. The Balaban J connectivity index is 1.89. The lowest BCUT2D eigenvalue weighted by molar-refractivity contribution is 0.0222. The van der Waals surface area contributed by atoms with Gasteiger partial charge in [-0.25, -0.2) is 4.79 Å². The van der Waals surface area contributed by atoms with Crippen molar-refractivity contribution >= 4 is 12.0 Å². The number of rotatable bonds is 0. The Morgan fingerprint density at radius 1 is 1.33 bits per heavy atom. The van der Waals surface area contributed by atoms with Crippen molar-refractivity contribution in [3.63, 3.8) is 0 Å². The van der Waals surface area contributed by atoms with Gasteiger partial charge in [0, 0.05) is 32.1 Å². The van der Waals surface area contributed by atoms with Crippen LogP contribution < -0.4 is 0 Å². The second-order valence-electron chi connectivity index (χ2n) is 7.45. The topological polar surface area (TPSA) is 87.9 Å². The van der Waals surface area contributed by atoms with Crippen LogP contribution in [0.15, 0.2) is 0 Å². The van der Waals surface area contributed by atoms with E-state index in [-0.39, 0.29) is 25.1 Å². The summed E-state index contributed by atoms with van der Waals surface area (Å²) in [5.41, 5.74) is 1.49. The third-order valence-electron chi connectivity index (χ3n) is 4.17. The van der Waals surface area contributed by atoms with Crippen molar-refractivity contribution in [1.29, 1.82) is 0 Å². The summed E-state index contributed by atoms with van der Waals surface area (Å²) in [5.74, 6) is -0.175. The molecular formula is C16H24N4O4. The molecule has 1 unspecified atom stereocenters. The second-order valence-corrected chi connectivity index (χ2v) is 7.45. The number of fused-ring (bicyclic) bond motifs is 3. The normalized spacial score (nSPS) is 21.2. The number of aromatic nitrogens is 2. The highest BCUT2D eigenvalue weighted by Gasteiger charge is 2.35. The van der Waals surface area contributed by atoms with Crippen LogP contribution in [0.1, 0.15) is 42.5 Å². The highest BCUT2D eigenvalue weighted by molar-refractivity contribution is 5.94. The van der Waals surface area contributed by atoms with Gasteiger partial charge < -0.3 is 19.6 Å². The second kappa shape index (κ2) is 5.77. The van der Waals surface area contributed by atoms with E-state index in [4.69, 9.17) is 4.74 Å². The van der Waals surface area contributed by atoms with Crippen LogP contribution in [0.2, 0.25) is 0 Å². The number of carbonyl (C=O) groups is 2. The number of amides is 2. The molecule has 0 spiro atoms. The van der Waals surface area contributed by atoms with Crippen LogP contribution in [0.4, 0.5) is 4.79 Å². The number of aliphatic hydroxyl groups excluding tert-OH is 1. The molecule has 1 aromatic rings. The Hall–Kier alpha value is -2.09. The maximum Gasteiger partial charge on any atom is 0.410 e. The highest BCUT2D eigenvalue weighted by Crippen LogP contribution is 2.26. The zero-order chi connectivity index (χ0) is 17.6. The van der Waals surface area contributed by atoms with Crippen LogP contribution in [0.5, 0.6) is 0 Å². The molecule has 1 N–H and O–H groups in total. The molecule has 3 heterocycles. The first kappa shape index (κ1) is 16.8. The molecule has 1 atom stereocenters. The summed E-state index contributed by atoms with van der Waals surface area (Å²) in [4.78, 5) is 28.1. The van der Waals surface area contributed by atoms with Crippen molar-refractivity contribution in [2.75, 3.05) is 20.1 Å². The predicted octanol–water partition coefficient (Wildman–Crippen LogP) is 0.623. The molecule has 2 aliphatic heterocycles. The fourth-order valence-electron chi connectivity index (χ4n) is 3.12. The summed E-state index contributed by atoms with van der Waals surface area (Å²) < 4.78 is 7.01. The molecule has 1 aromatic heterocycles. The molecule has 0 saturated carbocycles. The SMILES string of the molecule is CN1CC(O)Cn2nc3c(c2C1=O)CN(C(=O)OC(C)(C)C)CC3. The van der Waals surface area contributed by atoms with E-state index in [1.807, 2.05) is 20.8 Å². The van der Waals surface area contributed by atoms with E-state index in [2.05, 4.69) is 5.10 Å². The molecule has 24 heavy (non-hydrogen) atoms. The van der Waals surface area contributed by atoms with Crippen LogP contribution in [0.3, 0.4) is 0 Å². The minimum absolute atomic E-state index is 0.175. The Morgan fingerprint density at radius 3 is 2.71 bits per heavy atom. The zero-order valence-electron chi connectivity index (χ0n) is 14.6. The van der Waals surface area contributed by atoms with Crippen LogP contribution in [-0.4, -0.2) is 68.5 Å². The Labute approximate surface area is 141 Å². The van der Waals surface area contributed by atoms with E-state index < -0.39 is 11.7 Å². The molecule has 8 heteroatoms. The van der Waals surface area contributed by atoms with Gasteiger partial charge >= 0.3 is 6.09 Å². The number of hydrogen-bond acceptors (Lipinski definition) is 5. The Kier molecular flexibility index (Phi) is 4.03. The van der Waals surface area contributed by atoms with E-state index in [0.29, 0.717) is 25.2 Å². The Bertz CT molecular complexity index is 676. The number of β-amino-alcohol motifs (C(OH)–C–C–N with tert-alkyl or cyclic N) is 1. The Morgan fingerprint density at radius 2 is 2.04 bits per heavy atom. The fourth-order valence-corrected chi connectivity index (χ4v) is 3.12. The third kappa shape index (κ3) is 3.10. The van der Waals surface area contributed by atoms with Gasteiger partial charge in [-0.15, -0.1) is 0 Å². The van der Waals surface area contributed by atoms with Gasteiger partial charge in [0.05, 0.1) is 24.9 Å². The van der Waals surface area contributed by atoms with E-state index in [1.54, 1.807) is 16.6 Å². The summed E-state index contributed by atoms with van der Waals surface area (Å²) in [7, 11) is 1.66. The van der Waals surface area contributed by atoms with E-state index in [0.717, 1.165) is 11.3 Å². The minimum atomic E-state index is -0.650. The lowest BCUT2D eigenvalue weighted by Crippen LogP contribution is -2.40. The number of carbonyl (C=O) groups excluding carboxylic acids is 2. The molecule has 0 aromatic carbocycles. The first-order valence-corrected chi connectivity index (χ1v) is 8.15. The summed E-state index contributed by atoms with van der Waals surface area (Å²) >= 11 is 0. The van der Waals surface area contributed by atoms with Crippen LogP contribution in [-0.2, 0) is 24.2 Å². The highest BCUT2D eigenvalue weighted by atomic mass is 16.6. The van der Waals surface area contributed by atoms with Crippen molar-refractivity contribution in [1.82, 2.24) is 19.6 Å². The van der Waals surface area contributed by atoms with Gasteiger partial charge in [0.15, 0.2) is 0 Å². The number of hydrogen-bond donors (Lipinski definition) is 1. The smallest absolute Gasteiger partial charge is 0.410 e. The minimum Gasteiger partial charge on any atom is -0.444 e. The molecule has 0 radical (unpaired) electrons. The molecule has 0 saturated heterocycles. The lowest BCUT2D eigenvalue weighted by atomic mass is 10.1. The van der Waals surface area contributed by atoms with Crippen LogP contribution >= 0.6 is 0 Å². The van der Waals surface area contributed by atoms with E-state index in [1.165, 1.54) is 4.90 Å². The first-order chi connectivity index (χ1) is 11.2. The van der Waals surface area contributed by atoms with Gasteiger partial charge in [-0.05, 0) is 20.8 Å². The number of likely N-dealkylation sites (N-methyl/N-ethyl adjacent to an activating group) is 1. The average Bonchev–Trinajstić information content (AvgIpc) is 2.75. The van der Waals surface area contributed by atoms with Gasteiger partial charge in [-0.2, -0.15) is 5.10 Å². The van der Waals surface area contributed by atoms with Crippen molar-refractivity contribution in [3.05, 3.63) is 17.0 Å². The number of ether oxygens (including phenoxy) is 1. The fraction of sp³-hybridized carbons (Fsp3) is 0.688. The summed E-state index contributed by atoms with van der Waals surface area (Å²) in [5, 5.41) is 14.5. The first-order valence-electron chi connectivity index (χ1n) is 8.15. The largest absolute Gasteiger partial charge is 0.444 e. The molecule has 3 rings (SSSR count). The predicted molar refractivity (Wildman–Crippen MR) is 85.5 cm³/mol. The van der Waals surface area contributed by atoms with Crippen molar-refractivity contribution < 1.29 is 19.4 Å². The van der Waals surface area contributed by atoms with E-state index in [9.17, 15) is 14.7 Å². The van der Waals surface area contributed by atoms with Crippen LogP contribution in [0.25, 0.3) is 0 Å². The van der Waals surface area contributed by atoms with Gasteiger partial charge in [0.2, 0.25) is 0 Å². The molecule has 0 bridgehead atoms. The molecule has 2 amide bonds. The maximum atomic E-state index is 12.6. The van der Waals surface area contributed by atoms with Gasteiger partial charge in [0.25, 0.3) is 5.91 Å². The maximum absolute atomic E-state index is 12.6. The standard InChI is InChI=1S/C16H24N4O4/c1-16(2,3)24-15(23)19-6-5-12-11(9-19)13-14(22)18(4)7-10(21)8-20(13)17-12/h10,21H,5-9H2,1-4H3. The van der Waals surface area contributed by atoms with Gasteiger partial charge in [-0.3, -0.25) is 9.48 Å². The molecule has 2 aliphatic rings. The van der Waals surface area contributed by atoms with E-state index >= 15 is 0 Å². The summed E-state index contributed by atoms with van der Waals surface area (Å²) in [6.45, 7) is 6.84. The molecule has 0 fully saturated rings. The van der Waals surface area contributed by atoms with Crippen molar-refractivity contribution in [3.8, 4) is 0 Å². The number of aliphatic hydroxyl groups is 1. The summed E-state index contributed by atoms with van der Waals surface area (Å²) in [6, 6.07) is 0. The van der Waals surface area contributed by atoms with Gasteiger partial charge in [0.1, 0.15) is 11.3 Å².